The first kappa shape index (κ1) is 31.7. The second-order valence-electron chi connectivity index (χ2n) is 14.9. The predicted molar refractivity (Wildman–Crippen MR) is 240 cm³/mol. The first-order chi connectivity index (χ1) is 28.3. The summed E-state index contributed by atoms with van der Waals surface area (Å²) in [5, 5.41) is 7.41. The van der Waals surface area contributed by atoms with Gasteiger partial charge in [-0.2, -0.15) is 0 Å². The maximum atomic E-state index is 2.53. The van der Waals surface area contributed by atoms with Gasteiger partial charge in [-0.05, 0) is 82.9 Å². The monoisotopic (exact) mass is 725 g/mol. The Hall–Kier alpha value is -7.62. The summed E-state index contributed by atoms with van der Waals surface area (Å²) in [5.41, 5.74) is 15.3. The van der Waals surface area contributed by atoms with Gasteiger partial charge in [0.05, 0.1) is 44.5 Å². The predicted octanol–water partition coefficient (Wildman–Crippen LogP) is 14.3. The lowest BCUT2D eigenvalue weighted by atomic mass is 9.98. The summed E-state index contributed by atoms with van der Waals surface area (Å²) in [6.45, 7) is 0. The van der Waals surface area contributed by atoms with Crippen LogP contribution in [-0.4, -0.2) is 13.7 Å². The molecule has 0 bridgehead atoms. The number of para-hydroxylation sites is 5. The summed E-state index contributed by atoms with van der Waals surface area (Å²) in [4.78, 5) is 0. The largest absolute Gasteiger partial charge is 0.309 e. The van der Waals surface area contributed by atoms with Crippen molar-refractivity contribution in [2.45, 2.75) is 0 Å². The van der Waals surface area contributed by atoms with Crippen LogP contribution in [0.25, 0.3) is 105 Å². The average Bonchev–Trinajstić information content (AvgIpc) is 3.93. The van der Waals surface area contributed by atoms with Gasteiger partial charge in [0, 0.05) is 38.0 Å². The summed E-state index contributed by atoms with van der Waals surface area (Å²) in [6.07, 6.45) is 0. The molecular weight excluding hydrogens is 691 g/mol. The highest BCUT2D eigenvalue weighted by atomic mass is 15.1. The maximum Gasteiger partial charge on any atom is 0.0782 e. The van der Waals surface area contributed by atoms with E-state index in [-0.39, 0.29) is 0 Å². The van der Waals surface area contributed by atoms with E-state index in [9.17, 15) is 0 Å². The Morgan fingerprint density at radius 3 is 1.26 bits per heavy atom. The van der Waals surface area contributed by atoms with Gasteiger partial charge in [0.15, 0.2) is 0 Å². The molecular formula is C54H35N3. The molecule has 0 aliphatic rings. The van der Waals surface area contributed by atoms with Crippen molar-refractivity contribution >= 4 is 65.4 Å². The molecule has 12 rings (SSSR count). The molecule has 57 heavy (non-hydrogen) atoms. The van der Waals surface area contributed by atoms with Crippen LogP contribution in [0, 0.1) is 0 Å². The van der Waals surface area contributed by atoms with E-state index in [0.29, 0.717) is 0 Å². The fourth-order valence-corrected chi connectivity index (χ4v) is 9.41. The second kappa shape index (κ2) is 12.5. The Morgan fingerprint density at radius 2 is 0.667 bits per heavy atom. The van der Waals surface area contributed by atoms with Crippen LogP contribution in [0.2, 0.25) is 0 Å². The molecule has 0 atom stereocenters. The molecule has 9 aromatic carbocycles. The summed E-state index contributed by atoms with van der Waals surface area (Å²) in [6, 6.07) is 77.5. The Labute approximate surface area is 329 Å². The standard InChI is InChI=1S/C54H35N3/c1-3-17-36(18-4-1)38-33-39(37-19-5-2-6-20-37)35-40(34-38)55-49-29-14-10-24-45(49)53-50(55)30-16-31-51(53)57-48-28-13-9-23-43(48)44-25-15-32-52(54(44)57)56-46-26-11-7-21-41(46)42-22-8-12-27-47(42)56/h1-35H. The maximum absolute atomic E-state index is 2.53. The van der Waals surface area contributed by atoms with E-state index < -0.39 is 0 Å². The molecule has 0 spiro atoms. The summed E-state index contributed by atoms with van der Waals surface area (Å²) in [5.74, 6) is 0. The third-order valence-electron chi connectivity index (χ3n) is 11.8. The Kier molecular flexibility index (Phi) is 6.93. The Balaban J connectivity index is 1.20. The van der Waals surface area contributed by atoms with Crippen molar-refractivity contribution < 1.29 is 0 Å². The van der Waals surface area contributed by atoms with Crippen molar-refractivity contribution in [3.63, 3.8) is 0 Å². The van der Waals surface area contributed by atoms with Crippen molar-refractivity contribution in [3.8, 4) is 39.3 Å². The van der Waals surface area contributed by atoms with Gasteiger partial charge >= 0.3 is 0 Å². The highest BCUT2D eigenvalue weighted by Crippen LogP contribution is 2.43. The molecule has 0 radical (unpaired) electrons. The third kappa shape index (κ3) is 4.73. The molecule has 3 aromatic heterocycles. The minimum atomic E-state index is 1.13. The van der Waals surface area contributed by atoms with E-state index in [0.717, 1.165) is 22.6 Å². The first-order valence-corrected chi connectivity index (χ1v) is 19.6. The molecule has 0 unspecified atom stereocenters. The van der Waals surface area contributed by atoms with Crippen LogP contribution in [0.1, 0.15) is 0 Å². The quantitative estimate of drug-likeness (QED) is 0.168. The number of fused-ring (bicyclic) bond motifs is 9. The van der Waals surface area contributed by atoms with E-state index in [4.69, 9.17) is 0 Å². The SMILES string of the molecule is c1ccc(-c2cc(-c3ccccc3)cc(-n3c4ccccc4c4c(-n5c6ccccc6c6cccc(-n7c8ccccc8c8ccccc87)c65)cccc43)c2)cc1. The van der Waals surface area contributed by atoms with Gasteiger partial charge in [-0.15, -0.1) is 0 Å². The smallest absolute Gasteiger partial charge is 0.0782 e. The number of aromatic nitrogens is 3. The van der Waals surface area contributed by atoms with Crippen LogP contribution in [0.4, 0.5) is 0 Å². The number of hydrogen-bond donors (Lipinski definition) is 0. The van der Waals surface area contributed by atoms with Crippen LogP contribution in [0.3, 0.4) is 0 Å². The lowest BCUT2D eigenvalue weighted by molar-refractivity contribution is 1.14. The van der Waals surface area contributed by atoms with E-state index in [2.05, 4.69) is 226 Å². The van der Waals surface area contributed by atoms with Crippen molar-refractivity contribution in [1.82, 2.24) is 13.7 Å². The van der Waals surface area contributed by atoms with Crippen LogP contribution >= 0.6 is 0 Å². The number of nitrogens with zero attached hydrogens (tertiary/aromatic N) is 3. The molecule has 3 heterocycles. The minimum absolute atomic E-state index is 1.13. The van der Waals surface area contributed by atoms with E-state index in [1.54, 1.807) is 0 Å². The zero-order valence-electron chi connectivity index (χ0n) is 31.0. The fraction of sp³-hybridized carbons (Fsp3) is 0. The van der Waals surface area contributed by atoms with Gasteiger partial charge in [0.2, 0.25) is 0 Å². The molecule has 0 fully saturated rings. The molecule has 0 amide bonds. The van der Waals surface area contributed by atoms with E-state index in [1.807, 2.05) is 0 Å². The fourth-order valence-electron chi connectivity index (χ4n) is 9.41. The number of hydrogen-bond acceptors (Lipinski definition) is 0. The molecule has 266 valence electrons. The van der Waals surface area contributed by atoms with Crippen LogP contribution in [-0.2, 0) is 0 Å². The van der Waals surface area contributed by atoms with Crippen molar-refractivity contribution in [3.05, 3.63) is 212 Å². The molecule has 0 aliphatic heterocycles. The lowest BCUT2D eigenvalue weighted by Gasteiger charge is -2.16. The van der Waals surface area contributed by atoms with Crippen molar-refractivity contribution in [1.29, 1.82) is 0 Å². The molecule has 0 saturated heterocycles. The van der Waals surface area contributed by atoms with Crippen molar-refractivity contribution in [2.24, 2.45) is 0 Å². The van der Waals surface area contributed by atoms with Gasteiger partial charge < -0.3 is 13.7 Å². The molecule has 0 aliphatic carbocycles. The van der Waals surface area contributed by atoms with Gasteiger partial charge in [0.25, 0.3) is 0 Å². The van der Waals surface area contributed by atoms with E-state index in [1.165, 1.54) is 82.2 Å². The second-order valence-corrected chi connectivity index (χ2v) is 14.9. The van der Waals surface area contributed by atoms with Crippen LogP contribution in [0.15, 0.2) is 212 Å². The van der Waals surface area contributed by atoms with Crippen LogP contribution in [0.5, 0.6) is 0 Å². The summed E-state index contributed by atoms with van der Waals surface area (Å²) < 4.78 is 7.46. The zero-order chi connectivity index (χ0) is 37.5. The highest BCUT2D eigenvalue weighted by Gasteiger charge is 2.23. The molecule has 3 nitrogen and oxygen atoms in total. The average molecular weight is 726 g/mol. The minimum Gasteiger partial charge on any atom is -0.309 e. The topological polar surface area (TPSA) is 14.8 Å². The van der Waals surface area contributed by atoms with Crippen LogP contribution < -0.4 is 0 Å². The van der Waals surface area contributed by atoms with Gasteiger partial charge in [-0.3, -0.25) is 0 Å². The molecule has 12 aromatic rings. The van der Waals surface area contributed by atoms with Gasteiger partial charge in [-0.25, -0.2) is 0 Å². The summed E-state index contributed by atoms with van der Waals surface area (Å²) in [7, 11) is 0. The Bertz CT molecular complexity index is 3400. The number of rotatable bonds is 5. The first-order valence-electron chi connectivity index (χ1n) is 19.6. The van der Waals surface area contributed by atoms with Crippen molar-refractivity contribution in [2.75, 3.05) is 0 Å². The number of benzene rings is 9. The zero-order valence-corrected chi connectivity index (χ0v) is 31.0. The third-order valence-corrected chi connectivity index (χ3v) is 11.8. The Morgan fingerprint density at radius 1 is 0.246 bits per heavy atom. The normalized spacial score (nSPS) is 11.9. The van der Waals surface area contributed by atoms with Gasteiger partial charge in [0.1, 0.15) is 0 Å². The lowest BCUT2D eigenvalue weighted by Crippen LogP contribution is -2.01. The molecule has 0 N–H and O–H groups in total. The highest BCUT2D eigenvalue weighted by molar-refractivity contribution is 6.18. The van der Waals surface area contributed by atoms with Gasteiger partial charge in [-0.1, -0.05) is 152 Å². The summed E-state index contributed by atoms with van der Waals surface area (Å²) >= 11 is 0. The van der Waals surface area contributed by atoms with E-state index >= 15 is 0 Å². The molecule has 3 heteroatoms. The molecule has 0 saturated carbocycles.